The molecule has 100 valence electrons. The van der Waals surface area contributed by atoms with E-state index in [9.17, 15) is 4.79 Å². The molecule has 1 fully saturated rings. The zero-order valence-electron chi connectivity index (χ0n) is 10.8. The highest BCUT2D eigenvalue weighted by Gasteiger charge is 2.23. The second kappa shape index (κ2) is 5.56. The molecule has 1 aromatic heterocycles. The quantitative estimate of drug-likeness (QED) is 0.784. The number of amides is 1. The van der Waals surface area contributed by atoms with Crippen LogP contribution in [0.3, 0.4) is 0 Å². The van der Waals surface area contributed by atoms with E-state index in [0.29, 0.717) is 17.4 Å². The van der Waals surface area contributed by atoms with Gasteiger partial charge in [-0.15, -0.1) is 0 Å². The number of carbonyl (C=O) groups excluding carboxylic acids is 1. The summed E-state index contributed by atoms with van der Waals surface area (Å²) >= 11 is 1.27. The van der Waals surface area contributed by atoms with Gasteiger partial charge in [0.05, 0.1) is 0 Å². The number of carbonyl (C=O) groups is 1. The number of hydrogen-bond donors (Lipinski definition) is 3. The number of rotatable bonds is 3. The Balaban J connectivity index is 2.07. The summed E-state index contributed by atoms with van der Waals surface area (Å²) in [6, 6.07) is 0.435. The van der Waals surface area contributed by atoms with Gasteiger partial charge in [0.25, 0.3) is 5.91 Å². The van der Waals surface area contributed by atoms with Crippen LogP contribution in [-0.2, 0) is 0 Å². The minimum Gasteiger partial charge on any atom is -0.382 e. The smallest absolute Gasteiger partial charge is 0.257 e. The van der Waals surface area contributed by atoms with Crippen LogP contribution in [0.15, 0.2) is 0 Å². The van der Waals surface area contributed by atoms with Crippen molar-refractivity contribution in [3.8, 4) is 0 Å². The normalized spacial score (nSPS) is 23.7. The predicted octanol–water partition coefficient (Wildman–Crippen LogP) is 2.08. The van der Waals surface area contributed by atoms with Crippen LogP contribution in [-0.4, -0.2) is 23.4 Å². The molecule has 0 bridgehead atoms. The van der Waals surface area contributed by atoms with Gasteiger partial charge in [-0.2, -0.15) is 4.37 Å². The molecular formula is C12H20N4OS. The van der Waals surface area contributed by atoms with Crippen LogP contribution in [0.4, 0.5) is 10.8 Å². The molecule has 1 aromatic rings. The van der Waals surface area contributed by atoms with Crippen LogP contribution in [0.25, 0.3) is 0 Å². The average molecular weight is 268 g/mol. The van der Waals surface area contributed by atoms with Crippen LogP contribution in [0.5, 0.6) is 0 Å². The lowest BCUT2D eigenvalue weighted by Gasteiger charge is -2.27. The number of nitrogens with zero attached hydrogens (tertiary/aromatic N) is 1. The lowest BCUT2D eigenvalue weighted by atomic mass is 9.87. The molecule has 0 atom stereocenters. The Hall–Kier alpha value is -1.30. The fraction of sp³-hybridized carbons (Fsp3) is 0.667. The van der Waals surface area contributed by atoms with E-state index in [4.69, 9.17) is 5.73 Å². The van der Waals surface area contributed by atoms with Crippen LogP contribution >= 0.6 is 11.5 Å². The fourth-order valence-electron chi connectivity index (χ4n) is 2.34. The Labute approximate surface area is 111 Å². The van der Waals surface area contributed by atoms with Gasteiger partial charge in [-0.25, -0.2) is 0 Å². The molecule has 0 spiro atoms. The Kier molecular flexibility index (Phi) is 4.06. The van der Waals surface area contributed by atoms with E-state index >= 15 is 0 Å². The van der Waals surface area contributed by atoms with Gasteiger partial charge in [0, 0.05) is 13.1 Å². The summed E-state index contributed by atoms with van der Waals surface area (Å²) in [5, 5.41) is 6.82. The van der Waals surface area contributed by atoms with Crippen molar-refractivity contribution in [1.82, 2.24) is 9.69 Å². The van der Waals surface area contributed by atoms with Gasteiger partial charge in [-0.05, 0) is 43.1 Å². The first-order chi connectivity index (χ1) is 8.61. The summed E-state index contributed by atoms with van der Waals surface area (Å²) in [7, 11) is 1.60. The minimum absolute atomic E-state index is 0.173. The molecular weight excluding hydrogens is 248 g/mol. The number of aromatic nitrogens is 1. The van der Waals surface area contributed by atoms with Gasteiger partial charge in [0.1, 0.15) is 10.6 Å². The second-order valence-corrected chi connectivity index (χ2v) is 5.73. The van der Waals surface area contributed by atoms with Crippen LogP contribution in [0, 0.1) is 5.92 Å². The summed E-state index contributed by atoms with van der Waals surface area (Å²) < 4.78 is 4.06. The first-order valence-electron chi connectivity index (χ1n) is 6.35. The molecule has 1 aliphatic rings. The molecule has 0 radical (unpaired) electrons. The molecule has 0 unspecified atom stereocenters. The van der Waals surface area contributed by atoms with Gasteiger partial charge in [-0.1, -0.05) is 6.92 Å². The van der Waals surface area contributed by atoms with E-state index in [2.05, 4.69) is 21.9 Å². The van der Waals surface area contributed by atoms with E-state index in [1.54, 1.807) is 7.05 Å². The number of nitrogens with one attached hydrogen (secondary N) is 2. The van der Waals surface area contributed by atoms with Gasteiger partial charge in [0.15, 0.2) is 5.82 Å². The van der Waals surface area contributed by atoms with Crippen LogP contribution < -0.4 is 16.4 Å². The number of nitrogens with two attached hydrogens (primary N) is 1. The third-order valence-electron chi connectivity index (χ3n) is 3.52. The van der Waals surface area contributed by atoms with Crippen molar-refractivity contribution in [2.45, 2.75) is 38.6 Å². The van der Waals surface area contributed by atoms with Crippen molar-refractivity contribution >= 4 is 28.3 Å². The van der Waals surface area contributed by atoms with E-state index < -0.39 is 0 Å². The Bertz CT molecular complexity index is 424. The first kappa shape index (κ1) is 13.1. The van der Waals surface area contributed by atoms with Gasteiger partial charge < -0.3 is 16.4 Å². The Morgan fingerprint density at radius 3 is 2.67 bits per heavy atom. The van der Waals surface area contributed by atoms with Gasteiger partial charge in [0.2, 0.25) is 0 Å². The molecule has 1 aliphatic carbocycles. The standard InChI is InChI=1S/C12H20N4OS/c1-7-3-5-8(6-4-7)15-12-9(11(17)14-2)10(13)16-18-12/h7-8,15H,3-6H2,1-2H3,(H2,13,16)(H,14,17). The molecule has 0 aromatic carbocycles. The Morgan fingerprint density at radius 1 is 1.39 bits per heavy atom. The maximum absolute atomic E-state index is 11.7. The highest BCUT2D eigenvalue weighted by Crippen LogP contribution is 2.31. The summed E-state index contributed by atoms with van der Waals surface area (Å²) in [4.78, 5) is 11.7. The molecule has 6 heteroatoms. The highest BCUT2D eigenvalue weighted by atomic mass is 32.1. The van der Waals surface area contributed by atoms with Crippen LogP contribution in [0.1, 0.15) is 43.0 Å². The lowest BCUT2D eigenvalue weighted by Crippen LogP contribution is -2.27. The number of hydrogen-bond acceptors (Lipinski definition) is 5. The van der Waals surface area contributed by atoms with Crippen molar-refractivity contribution in [2.75, 3.05) is 18.1 Å². The average Bonchev–Trinajstić information content (AvgIpc) is 2.72. The van der Waals surface area contributed by atoms with Crippen molar-refractivity contribution in [3.05, 3.63) is 5.56 Å². The first-order valence-corrected chi connectivity index (χ1v) is 7.13. The third kappa shape index (κ3) is 2.75. The van der Waals surface area contributed by atoms with E-state index in [0.717, 1.165) is 23.8 Å². The summed E-state index contributed by atoms with van der Waals surface area (Å²) in [5.74, 6) is 0.951. The molecule has 0 saturated heterocycles. The maximum Gasteiger partial charge on any atom is 0.257 e. The molecule has 1 heterocycles. The molecule has 18 heavy (non-hydrogen) atoms. The Morgan fingerprint density at radius 2 is 2.06 bits per heavy atom. The van der Waals surface area contributed by atoms with E-state index in [1.165, 1.54) is 24.4 Å². The summed E-state index contributed by atoms with van der Waals surface area (Å²) in [6.07, 6.45) is 4.76. The number of nitrogen functional groups attached to an aromatic ring is 1. The molecule has 5 nitrogen and oxygen atoms in total. The zero-order chi connectivity index (χ0) is 13.1. The largest absolute Gasteiger partial charge is 0.382 e. The number of anilines is 2. The lowest BCUT2D eigenvalue weighted by molar-refractivity contribution is 0.0965. The molecule has 1 saturated carbocycles. The molecule has 0 aliphatic heterocycles. The summed E-state index contributed by atoms with van der Waals surface area (Å²) in [6.45, 7) is 2.29. The molecule has 2 rings (SSSR count). The molecule has 4 N–H and O–H groups in total. The van der Waals surface area contributed by atoms with E-state index in [1.807, 2.05) is 0 Å². The van der Waals surface area contributed by atoms with Crippen molar-refractivity contribution < 1.29 is 4.79 Å². The zero-order valence-corrected chi connectivity index (χ0v) is 11.6. The monoisotopic (exact) mass is 268 g/mol. The van der Waals surface area contributed by atoms with E-state index in [-0.39, 0.29) is 5.91 Å². The minimum atomic E-state index is -0.173. The molecule has 1 amide bonds. The van der Waals surface area contributed by atoms with Gasteiger partial charge >= 0.3 is 0 Å². The maximum atomic E-state index is 11.7. The topological polar surface area (TPSA) is 80.0 Å². The SMILES string of the molecule is CNC(=O)c1c(N)nsc1NC1CCC(C)CC1. The van der Waals surface area contributed by atoms with Crippen LogP contribution in [0.2, 0.25) is 0 Å². The van der Waals surface area contributed by atoms with Crippen molar-refractivity contribution in [2.24, 2.45) is 5.92 Å². The highest BCUT2D eigenvalue weighted by molar-refractivity contribution is 7.11. The second-order valence-electron chi connectivity index (χ2n) is 4.95. The van der Waals surface area contributed by atoms with Crippen molar-refractivity contribution in [1.29, 1.82) is 0 Å². The third-order valence-corrected chi connectivity index (χ3v) is 4.32. The predicted molar refractivity (Wildman–Crippen MR) is 75.0 cm³/mol. The van der Waals surface area contributed by atoms with Crippen molar-refractivity contribution in [3.63, 3.8) is 0 Å². The summed E-state index contributed by atoms with van der Waals surface area (Å²) in [5.41, 5.74) is 6.23. The fourth-order valence-corrected chi connectivity index (χ4v) is 3.12. The van der Waals surface area contributed by atoms with Gasteiger partial charge in [-0.3, -0.25) is 4.79 Å².